The summed E-state index contributed by atoms with van der Waals surface area (Å²) >= 11 is 7.37. The van der Waals surface area contributed by atoms with E-state index >= 15 is 0 Å². The van der Waals surface area contributed by atoms with Crippen LogP contribution in [-0.4, -0.2) is 55.9 Å². The normalized spacial score (nSPS) is 16.9. The van der Waals surface area contributed by atoms with Crippen LogP contribution in [0.2, 0.25) is 0 Å². The molecular weight excluding hydrogens is 544 g/mol. The lowest BCUT2D eigenvalue weighted by Gasteiger charge is -2.18. The molecule has 1 saturated heterocycles. The highest BCUT2D eigenvalue weighted by Gasteiger charge is 2.35. The Labute approximate surface area is 215 Å². The summed E-state index contributed by atoms with van der Waals surface area (Å²) in [5.74, 6) is -3.90. The molecule has 14 heteroatoms. The van der Waals surface area contributed by atoms with Crippen LogP contribution in [0.3, 0.4) is 0 Å². The third-order valence-electron chi connectivity index (χ3n) is 5.05. The first-order chi connectivity index (χ1) is 16.8. The van der Waals surface area contributed by atoms with Crippen LogP contribution in [0.15, 0.2) is 34.6 Å². The molecular formula is C22H18F4N2O5S3. The number of hydrogen-bond acceptors (Lipinski definition) is 7. The minimum atomic E-state index is -4.84. The highest BCUT2D eigenvalue weighted by Crippen LogP contribution is 2.37. The number of thiocarbonyl (C=S) groups is 1. The zero-order chi connectivity index (χ0) is 26.8. The van der Waals surface area contributed by atoms with Gasteiger partial charge in [-0.25, -0.2) is 9.18 Å². The fraction of sp³-hybridized carbons (Fsp3) is 0.273. The maximum atomic E-state index is 13.6. The van der Waals surface area contributed by atoms with E-state index in [1.54, 1.807) is 11.4 Å². The van der Waals surface area contributed by atoms with E-state index < -0.39 is 47.5 Å². The molecule has 2 aromatic rings. The fourth-order valence-electron chi connectivity index (χ4n) is 3.16. The Morgan fingerprint density at radius 3 is 2.58 bits per heavy atom. The lowest BCUT2D eigenvalue weighted by Crippen LogP contribution is -2.45. The Hall–Kier alpha value is -2.81. The number of thiophene rings is 1. The molecule has 192 valence electrons. The van der Waals surface area contributed by atoms with Gasteiger partial charge in [-0.15, -0.1) is 11.3 Å². The molecule has 2 amide bonds. The van der Waals surface area contributed by atoms with Gasteiger partial charge in [0.05, 0.1) is 16.5 Å². The van der Waals surface area contributed by atoms with Crippen molar-refractivity contribution >= 4 is 63.5 Å². The molecule has 1 aromatic carbocycles. The fourth-order valence-corrected chi connectivity index (χ4v) is 5.38. The number of hydrogen-bond donors (Lipinski definition) is 3. The number of amides is 2. The van der Waals surface area contributed by atoms with Gasteiger partial charge < -0.3 is 15.5 Å². The molecule has 2 atom stereocenters. The first kappa shape index (κ1) is 27.8. The molecule has 3 N–H and O–H groups in total. The van der Waals surface area contributed by atoms with E-state index in [4.69, 9.17) is 17.3 Å². The van der Waals surface area contributed by atoms with Crippen molar-refractivity contribution in [2.75, 3.05) is 6.54 Å². The zero-order valence-corrected chi connectivity index (χ0v) is 20.8. The third-order valence-corrected chi connectivity index (χ3v) is 7.31. The molecule has 1 aromatic heterocycles. The van der Waals surface area contributed by atoms with Gasteiger partial charge in [-0.05, 0) is 47.7 Å². The van der Waals surface area contributed by atoms with Crippen molar-refractivity contribution in [3.8, 4) is 11.1 Å². The number of carbonyl (C=O) groups is 3. The van der Waals surface area contributed by atoms with Gasteiger partial charge in [-0.1, -0.05) is 30.0 Å². The highest BCUT2D eigenvalue weighted by atomic mass is 32.2. The van der Waals surface area contributed by atoms with Crippen LogP contribution in [0.25, 0.3) is 17.2 Å². The minimum Gasteiger partial charge on any atom is -0.479 e. The molecule has 0 saturated carbocycles. The molecule has 2 heterocycles. The first-order valence-corrected chi connectivity index (χ1v) is 12.3. The van der Waals surface area contributed by atoms with Crippen molar-refractivity contribution in [2.45, 2.75) is 31.7 Å². The number of carboxylic acids is 1. The van der Waals surface area contributed by atoms with E-state index in [9.17, 15) is 37.1 Å². The number of alkyl halides is 3. The smallest absolute Gasteiger partial charge is 0.419 e. The molecule has 7 nitrogen and oxygen atoms in total. The van der Waals surface area contributed by atoms with Gasteiger partial charge in [-0.2, -0.15) is 13.2 Å². The highest BCUT2D eigenvalue weighted by molar-refractivity contribution is 8.26. The molecule has 1 aliphatic rings. The second kappa shape index (κ2) is 11.1. The summed E-state index contributed by atoms with van der Waals surface area (Å²) in [4.78, 5) is 37.6. The first-order valence-electron chi connectivity index (χ1n) is 10.2. The Morgan fingerprint density at radius 2 is 1.94 bits per heavy atom. The lowest BCUT2D eigenvalue weighted by atomic mass is 10.0. The third kappa shape index (κ3) is 6.49. The van der Waals surface area contributed by atoms with Crippen molar-refractivity contribution < 1.29 is 42.2 Å². The van der Waals surface area contributed by atoms with Crippen LogP contribution in [0, 0.1) is 5.82 Å². The van der Waals surface area contributed by atoms with Crippen molar-refractivity contribution in [2.24, 2.45) is 0 Å². The monoisotopic (exact) mass is 562 g/mol. The quantitative estimate of drug-likeness (QED) is 0.253. The number of benzene rings is 1. The van der Waals surface area contributed by atoms with Gasteiger partial charge in [0.25, 0.3) is 5.91 Å². The molecule has 0 spiro atoms. The van der Waals surface area contributed by atoms with Crippen molar-refractivity contribution in [3.63, 3.8) is 0 Å². The molecule has 36 heavy (non-hydrogen) atoms. The molecule has 1 aliphatic heterocycles. The van der Waals surface area contributed by atoms with Gasteiger partial charge in [-0.3, -0.25) is 14.5 Å². The summed E-state index contributed by atoms with van der Waals surface area (Å²) < 4.78 is 52.8. The number of nitrogens with zero attached hydrogens (tertiary/aromatic N) is 1. The average molecular weight is 563 g/mol. The summed E-state index contributed by atoms with van der Waals surface area (Å²) in [6.07, 6.45) is -5.28. The number of thioether (sulfide) groups is 1. The molecule has 0 radical (unpaired) electrons. The average Bonchev–Trinajstić information content (AvgIpc) is 3.35. The Bertz CT molecular complexity index is 1240. The van der Waals surface area contributed by atoms with Crippen molar-refractivity contribution in [3.05, 3.63) is 50.8 Å². The number of aliphatic carboxylic acids is 1. The number of aliphatic hydroxyl groups excluding tert-OH is 1. The summed E-state index contributed by atoms with van der Waals surface area (Å²) in [5.41, 5.74) is -0.786. The van der Waals surface area contributed by atoms with Gasteiger partial charge in [0.2, 0.25) is 5.91 Å². The van der Waals surface area contributed by atoms with E-state index in [0.29, 0.717) is 10.4 Å². The number of carboxylic acid groups (broad SMARTS) is 1. The van der Waals surface area contributed by atoms with Crippen molar-refractivity contribution in [1.29, 1.82) is 0 Å². The largest absolute Gasteiger partial charge is 0.479 e. The van der Waals surface area contributed by atoms with Crippen LogP contribution in [0.4, 0.5) is 17.6 Å². The molecule has 3 rings (SSSR count). The van der Waals surface area contributed by atoms with Crippen LogP contribution >= 0.6 is 35.3 Å². The molecule has 0 aliphatic carbocycles. The van der Waals surface area contributed by atoms with E-state index in [1.807, 2.05) is 0 Å². The number of nitrogens with one attached hydrogen (secondary N) is 1. The van der Waals surface area contributed by atoms with Crippen molar-refractivity contribution in [1.82, 2.24) is 10.2 Å². The summed E-state index contributed by atoms with van der Waals surface area (Å²) in [5, 5.41) is 22.1. The second-order valence-electron chi connectivity index (χ2n) is 7.65. The molecule has 0 unspecified atom stereocenters. The van der Waals surface area contributed by atoms with Crippen LogP contribution in [0.5, 0.6) is 0 Å². The SMILES string of the molecule is C[C@H](NC(=O)CCN1C(=O)/C(=C/c2cc(-c3ccc(F)c(C(F)(F)F)c3)cs2)SC1=S)[C@@H](O)C(=O)O. The number of halogens is 4. The van der Waals surface area contributed by atoms with Gasteiger partial charge in [0.1, 0.15) is 10.1 Å². The second-order valence-corrected chi connectivity index (χ2v) is 10.3. The number of rotatable bonds is 8. The maximum Gasteiger partial charge on any atom is 0.419 e. The summed E-state index contributed by atoms with van der Waals surface area (Å²) in [6, 6.07) is 3.23. The van der Waals surface area contributed by atoms with Crippen LogP contribution in [-0.2, 0) is 20.6 Å². The van der Waals surface area contributed by atoms with Gasteiger partial charge in [0, 0.05) is 17.8 Å². The van der Waals surface area contributed by atoms with E-state index in [2.05, 4.69) is 5.32 Å². The zero-order valence-electron chi connectivity index (χ0n) is 18.3. The lowest BCUT2D eigenvalue weighted by molar-refractivity contribution is -0.148. The van der Waals surface area contributed by atoms with Crippen LogP contribution < -0.4 is 5.32 Å². The Kier molecular flexibility index (Phi) is 8.54. The minimum absolute atomic E-state index is 0.0742. The Balaban J connectivity index is 1.67. The Morgan fingerprint density at radius 1 is 1.25 bits per heavy atom. The van der Waals surface area contributed by atoms with Crippen LogP contribution in [0.1, 0.15) is 23.8 Å². The van der Waals surface area contributed by atoms with Gasteiger partial charge >= 0.3 is 12.1 Å². The topological polar surface area (TPSA) is 107 Å². The van der Waals surface area contributed by atoms with E-state index in [-0.39, 0.29) is 27.8 Å². The number of aliphatic hydroxyl groups is 1. The summed E-state index contributed by atoms with van der Waals surface area (Å²) in [6.45, 7) is 1.25. The van der Waals surface area contributed by atoms with Gasteiger partial charge in [0.15, 0.2) is 6.10 Å². The van der Waals surface area contributed by atoms with E-state index in [1.165, 1.54) is 35.3 Å². The summed E-state index contributed by atoms with van der Waals surface area (Å²) in [7, 11) is 0. The number of carbonyl (C=O) groups excluding carboxylic acids is 2. The molecule has 1 fully saturated rings. The standard InChI is InChI=1S/C22H18F4N2O5S3/c1-10(18(30)20(32)33)27-17(29)4-5-28-19(31)16(36-21(28)34)8-13-6-12(9-35-13)11-2-3-15(23)14(7-11)22(24,25)26/h2-3,6-10,18,30H,4-5H2,1H3,(H,27,29)(H,32,33)/b16-8-/t10-,18+/m0/s1. The molecule has 0 bridgehead atoms. The predicted molar refractivity (Wildman–Crippen MR) is 130 cm³/mol. The predicted octanol–water partition coefficient (Wildman–Crippen LogP) is 4.11. The van der Waals surface area contributed by atoms with E-state index in [0.717, 1.165) is 23.9 Å². The maximum absolute atomic E-state index is 13.6.